The van der Waals surface area contributed by atoms with E-state index in [1.807, 2.05) is 41.9 Å². The lowest BCUT2D eigenvalue weighted by Gasteiger charge is -2.33. The Hall–Kier alpha value is -2.91. The van der Waals surface area contributed by atoms with Gasteiger partial charge in [0.1, 0.15) is 0 Å². The number of carbonyl (C=O) groups is 1. The van der Waals surface area contributed by atoms with Crippen molar-refractivity contribution in [3.8, 4) is 11.8 Å². The Labute approximate surface area is 149 Å². The van der Waals surface area contributed by atoms with Crippen LogP contribution in [-0.4, -0.2) is 47.0 Å². The number of pyridine rings is 1. The van der Waals surface area contributed by atoms with Gasteiger partial charge in [0.25, 0.3) is 5.91 Å². The Morgan fingerprint density at radius 3 is 2.76 bits per heavy atom. The summed E-state index contributed by atoms with van der Waals surface area (Å²) in [5.74, 6) is 5.63. The van der Waals surface area contributed by atoms with E-state index in [1.54, 1.807) is 22.4 Å². The molecular formula is C19H16N4OS. The standard InChI is InChI=1S/C19H16N4OS/c24-18(22-9-11-23(12-10-22)19-21-8-13-25-19)6-4-15-3-5-17-16(14-15)2-1-7-20-17/h1-3,5,7-8,13-14H,9-12H2. The molecule has 1 aliphatic heterocycles. The number of hydrogen-bond acceptors (Lipinski definition) is 5. The maximum absolute atomic E-state index is 12.3. The molecular weight excluding hydrogens is 332 g/mol. The fourth-order valence-electron chi connectivity index (χ4n) is 2.83. The van der Waals surface area contributed by atoms with Crippen LogP contribution in [0.2, 0.25) is 0 Å². The number of hydrogen-bond donors (Lipinski definition) is 0. The fourth-order valence-corrected chi connectivity index (χ4v) is 3.53. The van der Waals surface area contributed by atoms with E-state index in [-0.39, 0.29) is 5.91 Å². The fraction of sp³-hybridized carbons (Fsp3) is 0.211. The van der Waals surface area contributed by atoms with Crippen LogP contribution in [0, 0.1) is 11.8 Å². The number of nitrogens with zero attached hydrogens (tertiary/aromatic N) is 4. The van der Waals surface area contributed by atoms with E-state index in [1.165, 1.54) is 0 Å². The topological polar surface area (TPSA) is 49.3 Å². The van der Waals surface area contributed by atoms with Gasteiger partial charge < -0.3 is 9.80 Å². The van der Waals surface area contributed by atoms with Gasteiger partial charge in [0, 0.05) is 60.8 Å². The van der Waals surface area contributed by atoms with Crippen molar-refractivity contribution in [2.45, 2.75) is 0 Å². The van der Waals surface area contributed by atoms with Crippen molar-refractivity contribution in [1.29, 1.82) is 0 Å². The number of carbonyl (C=O) groups excluding carboxylic acids is 1. The largest absolute Gasteiger partial charge is 0.345 e. The molecule has 0 saturated carbocycles. The Kier molecular flexibility index (Phi) is 4.32. The average molecular weight is 348 g/mol. The third-order valence-corrected chi connectivity index (χ3v) is 5.01. The van der Waals surface area contributed by atoms with Gasteiger partial charge in [-0.25, -0.2) is 4.98 Å². The molecule has 3 aromatic rings. The van der Waals surface area contributed by atoms with E-state index in [4.69, 9.17) is 0 Å². The van der Waals surface area contributed by atoms with Crippen molar-refractivity contribution in [1.82, 2.24) is 14.9 Å². The van der Waals surface area contributed by atoms with E-state index >= 15 is 0 Å². The molecule has 0 bridgehead atoms. The lowest BCUT2D eigenvalue weighted by molar-refractivity contribution is -0.125. The summed E-state index contributed by atoms with van der Waals surface area (Å²) in [6, 6.07) is 9.68. The summed E-state index contributed by atoms with van der Waals surface area (Å²) in [6.45, 7) is 2.94. The molecule has 6 heteroatoms. The van der Waals surface area contributed by atoms with Crippen LogP contribution in [0.3, 0.4) is 0 Å². The zero-order valence-corrected chi connectivity index (χ0v) is 14.4. The second-order valence-electron chi connectivity index (χ2n) is 5.75. The summed E-state index contributed by atoms with van der Waals surface area (Å²) >= 11 is 1.63. The van der Waals surface area contributed by atoms with Crippen LogP contribution in [0.4, 0.5) is 5.13 Å². The van der Waals surface area contributed by atoms with Crippen molar-refractivity contribution >= 4 is 33.3 Å². The van der Waals surface area contributed by atoms with Gasteiger partial charge in [0.05, 0.1) is 5.52 Å². The van der Waals surface area contributed by atoms with Gasteiger partial charge in [-0.1, -0.05) is 12.0 Å². The summed E-state index contributed by atoms with van der Waals surface area (Å²) in [5.41, 5.74) is 1.76. The number of thiazole rings is 1. The summed E-state index contributed by atoms with van der Waals surface area (Å²) in [4.78, 5) is 25.0. The molecule has 1 aliphatic rings. The molecule has 1 fully saturated rings. The second kappa shape index (κ2) is 6.91. The smallest absolute Gasteiger partial charge is 0.298 e. The summed E-state index contributed by atoms with van der Waals surface area (Å²) in [7, 11) is 0. The van der Waals surface area contributed by atoms with Gasteiger partial charge in [-0.15, -0.1) is 11.3 Å². The predicted molar refractivity (Wildman–Crippen MR) is 99.5 cm³/mol. The first-order valence-electron chi connectivity index (χ1n) is 8.10. The highest BCUT2D eigenvalue weighted by molar-refractivity contribution is 7.13. The van der Waals surface area contributed by atoms with Crippen LogP contribution in [0.25, 0.3) is 10.9 Å². The first-order valence-corrected chi connectivity index (χ1v) is 8.98. The first-order chi connectivity index (χ1) is 12.3. The maximum atomic E-state index is 12.3. The van der Waals surface area contributed by atoms with Crippen molar-refractivity contribution < 1.29 is 4.79 Å². The van der Waals surface area contributed by atoms with E-state index < -0.39 is 0 Å². The molecule has 4 rings (SSSR count). The van der Waals surface area contributed by atoms with E-state index in [0.717, 1.165) is 34.7 Å². The highest BCUT2D eigenvalue weighted by Gasteiger charge is 2.21. The van der Waals surface area contributed by atoms with Gasteiger partial charge in [0.2, 0.25) is 0 Å². The minimum absolute atomic E-state index is 0.120. The summed E-state index contributed by atoms with van der Waals surface area (Å²) in [6.07, 6.45) is 3.57. The maximum Gasteiger partial charge on any atom is 0.298 e. The third-order valence-electron chi connectivity index (χ3n) is 4.17. The Morgan fingerprint density at radius 1 is 1.08 bits per heavy atom. The molecule has 0 spiro atoms. The number of aromatic nitrogens is 2. The van der Waals surface area contributed by atoms with Gasteiger partial charge in [0.15, 0.2) is 5.13 Å². The molecule has 0 unspecified atom stereocenters. The highest BCUT2D eigenvalue weighted by atomic mass is 32.1. The Morgan fingerprint density at radius 2 is 1.96 bits per heavy atom. The van der Waals surface area contributed by atoms with Gasteiger partial charge >= 0.3 is 0 Å². The van der Waals surface area contributed by atoms with E-state index in [0.29, 0.717) is 13.1 Å². The van der Waals surface area contributed by atoms with E-state index in [2.05, 4.69) is 26.7 Å². The number of fused-ring (bicyclic) bond motifs is 1. The minimum Gasteiger partial charge on any atom is -0.345 e. The van der Waals surface area contributed by atoms with Gasteiger partial charge in [-0.2, -0.15) is 0 Å². The van der Waals surface area contributed by atoms with Crippen molar-refractivity contribution in [2.75, 3.05) is 31.1 Å². The summed E-state index contributed by atoms with van der Waals surface area (Å²) < 4.78 is 0. The zero-order chi connectivity index (χ0) is 17.1. The number of piperazine rings is 1. The molecule has 25 heavy (non-hydrogen) atoms. The molecule has 0 atom stereocenters. The number of rotatable bonds is 1. The lowest BCUT2D eigenvalue weighted by Crippen LogP contribution is -2.48. The molecule has 1 amide bonds. The second-order valence-corrected chi connectivity index (χ2v) is 6.63. The molecule has 0 N–H and O–H groups in total. The quantitative estimate of drug-likeness (QED) is 0.634. The number of amides is 1. The predicted octanol–water partition coefficient (Wildman–Crippen LogP) is 2.39. The van der Waals surface area contributed by atoms with E-state index in [9.17, 15) is 4.79 Å². The molecule has 0 radical (unpaired) electrons. The first kappa shape index (κ1) is 15.6. The monoisotopic (exact) mass is 348 g/mol. The molecule has 0 aliphatic carbocycles. The molecule has 2 aromatic heterocycles. The third kappa shape index (κ3) is 3.47. The molecule has 3 heterocycles. The average Bonchev–Trinajstić information content (AvgIpc) is 3.21. The lowest BCUT2D eigenvalue weighted by atomic mass is 10.1. The molecule has 1 saturated heterocycles. The molecule has 124 valence electrons. The summed E-state index contributed by atoms with van der Waals surface area (Å²) in [5, 5.41) is 4.01. The van der Waals surface area contributed by atoms with Crippen molar-refractivity contribution in [3.05, 3.63) is 53.7 Å². The van der Waals surface area contributed by atoms with Gasteiger partial charge in [-0.05, 0) is 24.3 Å². The van der Waals surface area contributed by atoms with Crippen LogP contribution in [0.1, 0.15) is 5.56 Å². The van der Waals surface area contributed by atoms with Crippen LogP contribution in [-0.2, 0) is 4.79 Å². The van der Waals surface area contributed by atoms with Crippen molar-refractivity contribution in [2.24, 2.45) is 0 Å². The minimum atomic E-state index is -0.120. The van der Waals surface area contributed by atoms with Crippen LogP contribution in [0.15, 0.2) is 48.1 Å². The van der Waals surface area contributed by atoms with Crippen LogP contribution >= 0.6 is 11.3 Å². The van der Waals surface area contributed by atoms with Crippen LogP contribution in [0.5, 0.6) is 0 Å². The highest BCUT2D eigenvalue weighted by Crippen LogP contribution is 2.18. The SMILES string of the molecule is O=C(C#Cc1ccc2ncccc2c1)N1CCN(c2nccs2)CC1. The van der Waals surface area contributed by atoms with Crippen LogP contribution < -0.4 is 4.90 Å². The molecule has 5 nitrogen and oxygen atoms in total. The Bertz CT molecular complexity index is 950. The number of anilines is 1. The van der Waals surface area contributed by atoms with Gasteiger partial charge in [-0.3, -0.25) is 9.78 Å². The normalized spacial score (nSPS) is 14.2. The Balaban J connectivity index is 1.41. The molecule has 1 aromatic carbocycles. The zero-order valence-electron chi connectivity index (χ0n) is 13.6. The number of benzene rings is 1. The van der Waals surface area contributed by atoms with Crippen molar-refractivity contribution in [3.63, 3.8) is 0 Å².